The third kappa shape index (κ3) is 4.06. The van der Waals surface area contributed by atoms with Crippen LogP contribution in [0.15, 0.2) is 10.9 Å². The van der Waals surface area contributed by atoms with Gasteiger partial charge in [-0.2, -0.15) is 0 Å². The minimum Gasteiger partial charge on any atom is -0.393 e. The van der Waals surface area contributed by atoms with Gasteiger partial charge in [-0.25, -0.2) is 4.98 Å². The maximum atomic E-state index is 11.5. The van der Waals surface area contributed by atoms with Crippen molar-refractivity contribution >= 4 is 5.82 Å². The Labute approximate surface area is 113 Å². The molecular weight excluding hydrogens is 242 g/mol. The minimum absolute atomic E-state index is 0.120. The maximum absolute atomic E-state index is 11.5. The molecule has 1 aromatic rings. The van der Waals surface area contributed by atoms with Crippen molar-refractivity contribution < 1.29 is 5.11 Å². The van der Waals surface area contributed by atoms with E-state index in [1.165, 1.54) is 6.07 Å². The van der Waals surface area contributed by atoms with Crippen LogP contribution in [-0.4, -0.2) is 27.7 Å². The Bertz CT molecular complexity index is 470. The fourth-order valence-electron chi connectivity index (χ4n) is 2.54. The second-order valence-electron chi connectivity index (χ2n) is 5.74. The molecule has 0 aromatic carbocycles. The zero-order chi connectivity index (χ0) is 13.8. The molecule has 0 aliphatic heterocycles. The van der Waals surface area contributed by atoms with E-state index in [9.17, 15) is 9.90 Å². The molecule has 5 nitrogen and oxygen atoms in total. The average molecular weight is 265 g/mol. The van der Waals surface area contributed by atoms with Crippen LogP contribution in [0.1, 0.15) is 51.3 Å². The average Bonchev–Trinajstić information content (AvgIpc) is 2.36. The van der Waals surface area contributed by atoms with Crippen molar-refractivity contribution in [3.8, 4) is 0 Å². The number of hydrogen-bond donors (Lipinski definition) is 3. The van der Waals surface area contributed by atoms with Crippen LogP contribution >= 0.6 is 0 Å². The third-order valence-corrected chi connectivity index (χ3v) is 3.63. The zero-order valence-electron chi connectivity index (χ0n) is 11.6. The van der Waals surface area contributed by atoms with Gasteiger partial charge in [0.1, 0.15) is 11.6 Å². The third-order valence-electron chi connectivity index (χ3n) is 3.63. The summed E-state index contributed by atoms with van der Waals surface area (Å²) in [4.78, 5) is 18.7. The topological polar surface area (TPSA) is 78.0 Å². The van der Waals surface area contributed by atoms with Gasteiger partial charge in [-0.1, -0.05) is 20.3 Å². The summed E-state index contributed by atoms with van der Waals surface area (Å²) in [6.07, 6.45) is 3.79. The van der Waals surface area contributed by atoms with E-state index < -0.39 is 0 Å². The van der Waals surface area contributed by atoms with Crippen LogP contribution in [0.25, 0.3) is 0 Å². The molecular formula is C14H23N3O2. The largest absolute Gasteiger partial charge is 0.393 e. The van der Waals surface area contributed by atoms with Crippen molar-refractivity contribution in [1.82, 2.24) is 9.97 Å². The van der Waals surface area contributed by atoms with Gasteiger partial charge in [0.15, 0.2) is 0 Å². The molecule has 0 bridgehead atoms. The van der Waals surface area contributed by atoms with E-state index in [1.54, 1.807) is 0 Å². The van der Waals surface area contributed by atoms with E-state index in [0.29, 0.717) is 17.6 Å². The summed E-state index contributed by atoms with van der Waals surface area (Å²) in [5, 5.41) is 12.9. The van der Waals surface area contributed by atoms with E-state index in [2.05, 4.69) is 15.3 Å². The first-order valence-electron chi connectivity index (χ1n) is 7.08. The molecule has 1 fully saturated rings. The number of rotatable bonds is 4. The summed E-state index contributed by atoms with van der Waals surface area (Å²) in [5.41, 5.74) is -0.120. The van der Waals surface area contributed by atoms with Crippen molar-refractivity contribution in [2.24, 2.45) is 5.92 Å². The molecule has 0 radical (unpaired) electrons. The van der Waals surface area contributed by atoms with Crippen LogP contribution in [0.2, 0.25) is 0 Å². The van der Waals surface area contributed by atoms with Gasteiger partial charge in [0.05, 0.1) is 6.10 Å². The first-order valence-corrected chi connectivity index (χ1v) is 7.08. The highest BCUT2D eigenvalue weighted by Crippen LogP contribution is 2.24. The van der Waals surface area contributed by atoms with Crippen molar-refractivity contribution in [3.05, 3.63) is 22.2 Å². The summed E-state index contributed by atoms with van der Waals surface area (Å²) in [6.45, 7) is 4.77. The van der Waals surface area contributed by atoms with Crippen molar-refractivity contribution in [1.29, 1.82) is 0 Å². The second-order valence-corrected chi connectivity index (χ2v) is 5.74. The summed E-state index contributed by atoms with van der Waals surface area (Å²) < 4.78 is 0. The Kier molecular flexibility index (Phi) is 4.58. The quantitative estimate of drug-likeness (QED) is 0.776. The number of anilines is 1. The van der Waals surface area contributed by atoms with Crippen molar-refractivity contribution in [3.63, 3.8) is 0 Å². The monoisotopic (exact) mass is 265 g/mol. The summed E-state index contributed by atoms with van der Waals surface area (Å²) in [7, 11) is 0. The molecule has 1 heterocycles. The summed E-state index contributed by atoms with van der Waals surface area (Å²) in [5.74, 6) is 2.00. The van der Waals surface area contributed by atoms with Crippen LogP contribution in [0.4, 0.5) is 5.82 Å². The SMILES string of the molecule is CC(C)c1nc(NCC2CCCC(O)C2)cc(=O)[nH]1. The molecule has 0 saturated heterocycles. The van der Waals surface area contributed by atoms with Gasteiger partial charge in [-0.15, -0.1) is 0 Å². The minimum atomic E-state index is -0.168. The van der Waals surface area contributed by atoms with Gasteiger partial charge in [-0.05, 0) is 25.2 Å². The Morgan fingerprint density at radius 1 is 1.53 bits per heavy atom. The Balaban J connectivity index is 1.97. The number of hydrogen-bond acceptors (Lipinski definition) is 4. The molecule has 1 aromatic heterocycles. The van der Waals surface area contributed by atoms with E-state index in [0.717, 1.165) is 32.2 Å². The molecule has 0 spiro atoms. The number of H-pyrrole nitrogens is 1. The van der Waals surface area contributed by atoms with E-state index >= 15 is 0 Å². The lowest BCUT2D eigenvalue weighted by Crippen LogP contribution is -2.26. The fourth-order valence-corrected chi connectivity index (χ4v) is 2.54. The van der Waals surface area contributed by atoms with Gasteiger partial charge in [-0.3, -0.25) is 4.79 Å². The highest BCUT2D eigenvalue weighted by Gasteiger charge is 2.20. The molecule has 19 heavy (non-hydrogen) atoms. The summed E-state index contributed by atoms with van der Waals surface area (Å²) >= 11 is 0. The van der Waals surface area contributed by atoms with Crippen LogP contribution in [0.3, 0.4) is 0 Å². The van der Waals surface area contributed by atoms with Gasteiger partial charge in [0.2, 0.25) is 0 Å². The number of aliphatic hydroxyl groups excluding tert-OH is 1. The molecule has 1 aliphatic carbocycles. The number of nitrogens with zero attached hydrogens (tertiary/aromatic N) is 1. The normalized spacial score (nSPS) is 23.6. The summed E-state index contributed by atoms with van der Waals surface area (Å²) in [6, 6.07) is 1.49. The van der Waals surface area contributed by atoms with Crippen LogP contribution in [0.5, 0.6) is 0 Å². The van der Waals surface area contributed by atoms with Crippen LogP contribution in [0, 0.1) is 5.92 Å². The maximum Gasteiger partial charge on any atom is 0.252 e. The predicted octanol–water partition coefficient (Wildman–Crippen LogP) is 1.86. The molecule has 0 amide bonds. The van der Waals surface area contributed by atoms with Gasteiger partial charge >= 0.3 is 0 Å². The smallest absolute Gasteiger partial charge is 0.252 e. The van der Waals surface area contributed by atoms with E-state index in [-0.39, 0.29) is 17.6 Å². The molecule has 2 rings (SSSR count). The number of aliphatic hydroxyl groups is 1. The number of aromatic amines is 1. The molecule has 3 N–H and O–H groups in total. The Hall–Kier alpha value is -1.36. The molecule has 2 unspecified atom stereocenters. The van der Waals surface area contributed by atoms with E-state index in [1.807, 2.05) is 13.8 Å². The number of aromatic nitrogens is 2. The standard InChI is InChI=1S/C14H23N3O2/c1-9(2)14-16-12(7-13(19)17-14)15-8-10-4-3-5-11(18)6-10/h7,9-11,18H,3-6,8H2,1-2H3,(H2,15,16,17,19). The lowest BCUT2D eigenvalue weighted by atomic mass is 9.87. The van der Waals surface area contributed by atoms with Crippen molar-refractivity contribution in [2.75, 3.05) is 11.9 Å². The van der Waals surface area contributed by atoms with Gasteiger partial charge < -0.3 is 15.4 Å². The molecule has 2 atom stereocenters. The predicted molar refractivity (Wildman–Crippen MR) is 75.4 cm³/mol. The molecule has 1 saturated carbocycles. The molecule has 1 aliphatic rings. The number of nitrogens with one attached hydrogen (secondary N) is 2. The fraction of sp³-hybridized carbons (Fsp3) is 0.714. The lowest BCUT2D eigenvalue weighted by Gasteiger charge is -2.26. The zero-order valence-corrected chi connectivity index (χ0v) is 11.6. The van der Waals surface area contributed by atoms with Crippen LogP contribution in [-0.2, 0) is 0 Å². The van der Waals surface area contributed by atoms with Gasteiger partial charge in [0, 0.05) is 18.5 Å². The Morgan fingerprint density at radius 2 is 2.32 bits per heavy atom. The first kappa shape index (κ1) is 14.1. The second kappa shape index (κ2) is 6.19. The molecule has 106 valence electrons. The first-order chi connectivity index (χ1) is 9.04. The highest BCUT2D eigenvalue weighted by atomic mass is 16.3. The van der Waals surface area contributed by atoms with Gasteiger partial charge in [0.25, 0.3) is 5.56 Å². The lowest BCUT2D eigenvalue weighted by molar-refractivity contribution is 0.104. The van der Waals surface area contributed by atoms with Crippen LogP contribution < -0.4 is 10.9 Å². The Morgan fingerprint density at radius 3 is 3.00 bits per heavy atom. The van der Waals surface area contributed by atoms with E-state index in [4.69, 9.17) is 0 Å². The molecule has 5 heteroatoms. The highest BCUT2D eigenvalue weighted by molar-refractivity contribution is 5.33. The van der Waals surface area contributed by atoms with Crippen molar-refractivity contribution in [2.45, 2.75) is 51.6 Å².